The average molecular weight is 281 g/mol. The molecule has 0 aliphatic carbocycles. The molecule has 0 amide bonds. The molecule has 0 bridgehead atoms. The Morgan fingerprint density at radius 2 is 1.75 bits per heavy atom. The molecule has 90 valence electrons. The Morgan fingerprint density at radius 1 is 1.19 bits per heavy atom. The molecular formula is C11H14Cl2O2S. The van der Waals surface area contributed by atoms with E-state index in [1.54, 1.807) is 13.8 Å². The normalized spacial score (nSPS) is 12.8. The van der Waals surface area contributed by atoms with Crippen molar-refractivity contribution in [2.75, 3.05) is 0 Å². The van der Waals surface area contributed by atoms with Crippen LogP contribution in [0, 0.1) is 0 Å². The van der Waals surface area contributed by atoms with Crippen LogP contribution >= 0.6 is 23.2 Å². The summed E-state index contributed by atoms with van der Waals surface area (Å²) in [5, 5.41) is 0.615. The van der Waals surface area contributed by atoms with Crippen LogP contribution in [0.1, 0.15) is 27.2 Å². The van der Waals surface area contributed by atoms with Gasteiger partial charge in [-0.3, -0.25) is 0 Å². The van der Waals surface area contributed by atoms with Gasteiger partial charge >= 0.3 is 0 Å². The molecule has 0 heterocycles. The first kappa shape index (κ1) is 13.8. The van der Waals surface area contributed by atoms with Crippen molar-refractivity contribution in [3.05, 3.63) is 28.2 Å². The summed E-state index contributed by atoms with van der Waals surface area (Å²) in [7, 11) is -3.37. The molecule has 16 heavy (non-hydrogen) atoms. The Bertz CT molecular complexity index is 493. The van der Waals surface area contributed by atoms with E-state index in [-0.39, 0.29) is 9.92 Å². The second kappa shape index (κ2) is 4.55. The maximum atomic E-state index is 12.2. The molecule has 0 unspecified atom stereocenters. The summed E-state index contributed by atoms with van der Waals surface area (Å²) in [6.45, 7) is 5.24. The monoisotopic (exact) mass is 280 g/mol. The van der Waals surface area contributed by atoms with Gasteiger partial charge < -0.3 is 0 Å². The lowest BCUT2D eigenvalue weighted by Crippen LogP contribution is -2.30. The third-order valence-corrected chi connectivity index (χ3v) is 6.14. The van der Waals surface area contributed by atoms with Gasteiger partial charge in [0.05, 0.1) is 19.7 Å². The Labute approximate surface area is 106 Å². The van der Waals surface area contributed by atoms with Gasteiger partial charge in [-0.2, -0.15) is 0 Å². The van der Waals surface area contributed by atoms with E-state index in [4.69, 9.17) is 23.2 Å². The quantitative estimate of drug-likeness (QED) is 0.840. The lowest BCUT2D eigenvalue weighted by atomic mass is 10.1. The molecule has 0 saturated heterocycles. The maximum Gasteiger partial charge on any atom is 0.183 e. The fourth-order valence-electron chi connectivity index (χ4n) is 1.15. The van der Waals surface area contributed by atoms with E-state index in [2.05, 4.69) is 0 Å². The molecule has 0 N–H and O–H groups in total. The minimum absolute atomic E-state index is 0.216. The van der Waals surface area contributed by atoms with Gasteiger partial charge in [0.15, 0.2) is 9.84 Å². The molecule has 1 aromatic rings. The van der Waals surface area contributed by atoms with Gasteiger partial charge in [-0.15, -0.1) is 0 Å². The van der Waals surface area contributed by atoms with E-state index in [0.717, 1.165) is 0 Å². The van der Waals surface area contributed by atoms with E-state index in [9.17, 15) is 8.42 Å². The molecule has 0 aliphatic heterocycles. The van der Waals surface area contributed by atoms with Crippen LogP contribution in [0.2, 0.25) is 10.0 Å². The van der Waals surface area contributed by atoms with E-state index < -0.39 is 14.6 Å². The van der Waals surface area contributed by atoms with Gasteiger partial charge in [0.25, 0.3) is 0 Å². The van der Waals surface area contributed by atoms with E-state index in [0.29, 0.717) is 11.4 Å². The van der Waals surface area contributed by atoms with Crippen LogP contribution < -0.4 is 0 Å². The molecular weight excluding hydrogens is 267 g/mol. The number of benzene rings is 1. The highest BCUT2D eigenvalue weighted by Crippen LogP contribution is 2.31. The number of hydrogen-bond donors (Lipinski definition) is 0. The summed E-state index contributed by atoms with van der Waals surface area (Å²) in [5.41, 5.74) is 0. The highest BCUT2D eigenvalue weighted by atomic mass is 35.5. The lowest BCUT2D eigenvalue weighted by Gasteiger charge is -2.23. The molecule has 0 atom stereocenters. The molecule has 0 aliphatic rings. The second-order valence-electron chi connectivity index (χ2n) is 4.19. The summed E-state index contributed by atoms with van der Waals surface area (Å²) >= 11 is 11.6. The van der Waals surface area contributed by atoms with Gasteiger partial charge in [0.2, 0.25) is 0 Å². The summed E-state index contributed by atoms with van der Waals surface area (Å²) in [5.74, 6) is 0. The van der Waals surface area contributed by atoms with Crippen LogP contribution in [0.25, 0.3) is 0 Å². The standard InChI is InChI=1S/C11H14Cl2O2S/c1-4-11(2,3)16(14,15)8-5-6-9(12)10(13)7-8/h5-7H,4H2,1-3H3. The van der Waals surface area contributed by atoms with Crippen LogP contribution in [0.3, 0.4) is 0 Å². The molecule has 0 radical (unpaired) electrons. The number of halogens is 2. The predicted octanol–water partition coefficient (Wildman–Crippen LogP) is 3.96. The number of hydrogen-bond acceptors (Lipinski definition) is 2. The van der Waals surface area contributed by atoms with Crippen molar-refractivity contribution >= 4 is 33.0 Å². The second-order valence-corrected chi connectivity index (χ2v) is 7.59. The Kier molecular flexibility index (Phi) is 3.93. The molecule has 1 rings (SSSR count). The summed E-state index contributed by atoms with van der Waals surface area (Å²) in [6, 6.07) is 4.39. The van der Waals surface area contributed by atoms with Crippen molar-refractivity contribution in [3.63, 3.8) is 0 Å². The highest BCUT2D eigenvalue weighted by molar-refractivity contribution is 7.92. The van der Waals surface area contributed by atoms with Crippen LogP contribution in [0.15, 0.2) is 23.1 Å². The maximum absolute atomic E-state index is 12.2. The van der Waals surface area contributed by atoms with E-state index in [1.807, 2.05) is 6.92 Å². The molecule has 2 nitrogen and oxygen atoms in total. The molecule has 0 aromatic heterocycles. The van der Waals surface area contributed by atoms with Gasteiger partial charge in [-0.1, -0.05) is 30.1 Å². The third kappa shape index (κ3) is 2.36. The minimum Gasteiger partial charge on any atom is -0.223 e. The van der Waals surface area contributed by atoms with Crippen molar-refractivity contribution < 1.29 is 8.42 Å². The van der Waals surface area contributed by atoms with Crippen LogP contribution in [-0.2, 0) is 9.84 Å². The fraction of sp³-hybridized carbons (Fsp3) is 0.455. The summed E-state index contributed by atoms with van der Waals surface area (Å²) < 4.78 is 23.7. The van der Waals surface area contributed by atoms with Gasteiger partial charge in [-0.25, -0.2) is 8.42 Å². The number of sulfone groups is 1. The van der Waals surface area contributed by atoms with Gasteiger partial charge in [-0.05, 0) is 38.5 Å². The summed E-state index contributed by atoms with van der Waals surface area (Å²) in [4.78, 5) is 0.216. The first-order valence-electron chi connectivity index (χ1n) is 4.92. The Hall–Kier alpha value is -0.250. The largest absolute Gasteiger partial charge is 0.223 e. The van der Waals surface area contributed by atoms with Gasteiger partial charge in [0.1, 0.15) is 0 Å². The zero-order valence-corrected chi connectivity index (χ0v) is 11.7. The molecule has 1 aromatic carbocycles. The van der Waals surface area contributed by atoms with Crippen LogP contribution in [-0.4, -0.2) is 13.2 Å². The summed E-state index contributed by atoms with van der Waals surface area (Å²) in [6.07, 6.45) is 0.537. The SMILES string of the molecule is CCC(C)(C)S(=O)(=O)c1ccc(Cl)c(Cl)c1. The lowest BCUT2D eigenvalue weighted by molar-refractivity contribution is 0.538. The zero-order chi connectivity index (χ0) is 12.6. The molecule has 5 heteroatoms. The Morgan fingerprint density at radius 3 is 2.19 bits per heavy atom. The van der Waals surface area contributed by atoms with Crippen molar-refractivity contribution in [2.24, 2.45) is 0 Å². The van der Waals surface area contributed by atoms with Crippen LogP contribution in [0.4, 0.5) is 0 Å². The molecule has 0 fully saturated rings. The van der Waals surface area contributed by atoms with Gasteiger partial charge in [0, 0.05) is 0 Å². The van der Waals surface area contributed by atoms with Crippen molar-refractivity contribution in [1.82, 2.24) is 0 Å². The molecule has 0 spiro atoms. The average Bonchev–Trinajstić information content (AvgIpc) is 2.21. The van der Waals surface area contributed by atoms with Crippen molar-refractivity contribution in [1.29, 1.82) is 0 Å². The first-order chi connectivity index (χ1) is 7.22. The van der Waals surface area contributed by atoms with Crippen molar-refractivity contribution in [2.45, 2.75) is 36.8 Å². The third-order valence-electron chi connectivity index (χ3n) is 2.78. The predicted molar refractivity (Wildman–Crippen MR) is 68.0 cm³/mol. The zero-order valence-electron chi connectivity index (χ0n) is 9.42. The van der Waals surface area contributed by atoms with Crippen LogP contribution in [0.5, 0.6) is 0 Å². The minimum atomic E-state index is -3.37. The Balaban J connectivity index is 3.34. The smallest absolute Gasteiger partial charge is 0.183 e. The fourth-order valence-corrected chi connectivity index (χ4v) is 3.05. The van der Waals surface area contributed by atoms with E-state index >= 15 is 0 Å². The number of rotatable bonds is 3. The first-order valence-corrected chi connectivity index (χ1v) is 7.16. The molecule has 0 saturated carbocycles. The highest BCUT2D eigenvalue weighted by Gasteiger charge is 2.34. The topological polar surface area (TPSA) is 34.1 Å². The van der Waals surface area contributed by atoms with E-state index in [1.165, 1.54) is 18.2 Å². The van der Waals surface area contributed by atoms with Crippen molar-refractivity contribution in [3.8, 4) is 0 Å².